The van der Waals surface area contributed by atoms with Gasteiger partial charge in [-0.2, -0.15) is 0 Å². The lowest BCUT2D eigenvalue weighted by molar-refractivity contribution is 0.574. The van der Waals surface area contributed by atoms with Crippen molar-refractivity contribution < 1.29 is 0 Å². The topological polar surface area (TPSA) is 42.0 Å². The average molecular weight is 306 g/mol. The van der Waals surface area contributed by atoms with Crippen molar-refractivity contribution in [1.29, 1.82) is 0 Å². The minimum Gasteiger partial charge on any atom is -0.283 e. The van der Waals surface area contributed by atoms with E-state index in [-0.39, 0.29) is 5.41 Å². The zero-order valence-corrected chi connectivity index (χ0v) is 14.3. The molecule has 0 N–H and O–H groups in total. The first-order valence-electron chi connectivity index (χ1n) is 7.82. The summed E-state index contributed by atoms with van der Waals surface area (Å²) in [6.45, 7) is 10.6. The lowest BCUT2D eigenvalue weighted by Crippen LogP contribution is -2.11. The van der Waals surface area contributed by atoms with Crippen LogP contribution in [0.1, 0.15) is 37.6 Å². The second kappa shape index (κ2) is 5.61. The zero-order chi connectivity index (χ0) is 16.6. The Kier molecular flexibility index (Phi) is 3.76. The van der Waals surface area contributed by atoms with Gasteiger partial charge in [-0.05, 0) is 43.7 Å². The van der Waals surface area contributed by atoms with Crippen LogP contribution in [0, 0.1) is 13.8 Å². The summed E-state index contributed by atoms with van der Waals surface area (Å²) in [6, 6.07) is 12.2. The van der Waals surface area contributed by atoms with Crippen molar-refractivity contribution in [2.45, 2.75) is 40.0 Å². The third-order valence-corrected chi connectivity index (χ3v) is 3.76. The quantitative estimate of drug-likeness (QED) is 0.563. The van der Waals surface area contributed by atoms with Crippen molar-refractivity contribution in [1.82, 2.24) is 9.38 Å². The van der Waals surface area contributed by atoms with Gasteiger partial charge in [-0.1, -0.05) is 38.5 Å². The molecule has 2 aromatic heterocycles. The lowest BCUT2D eigenvalue weighted by atomic mass is 9.92. The largest absolute Gasteiger partial charge is 0.283 e. The molecule has 0 fully saturated rings. The molecule has 118 valence electrons. The van der Waals surface area contributed by atoms with Gasteiger partial charge in [0.05, 0.1) is 11.4 Å². The normalized spacial score (nSPS) is 12.4. The van der Waals surface area contributed by atoms with E-state index in [9.17, 15) is 0 Å². The van der Waals surface area contributed by atoms with E-state index >= 15 is 0 Å². The molecule has 3 aromatic rings. The summed E-state index contributed by atoms with van der Waals surface area (Å²) < 4.78 is 2.01. The molecule has 0 radical (unpaired) electrons. The highest BCUT2D eigenvalue weighted by atomic mass is 15.2. The van der Waals surface area contributed by atoms with Crippen LogP contribution in [-0.4, -0.2) is 9.38 Å². The molecule has 0 atom stereocenters. The second-order valence-corrected chi connectivity index (χ2v) is 7.00. The number of hydrogen-bond acceptors (Lipinski definition) is 3. The Morgan fingerprint density at radius 2 is 1.61 bits per heavy atom. The maximum absolute atomic E-state index is 4.78. The molecule has 0 aliphatic heterocycles. The summed E-state index contributed by atoms with van der Waals surface area (Å²) >= 11 is 0. The Labute approximate surface area is 136 Å². The summed E-state index contributed by atoms with van der Waals surface area (Å²) in [5.74, 6) is 0.799. The number of benzene rings is 1. The number of nitrogens with zero attached hydrogens (tertiary/aromatic N) is 4. The molecule has 0 aliphatic carbocycles. The smallest absolute Gasteiger partial charge is 0.183 e. The van der Waals surface area contributed by atoms with Gasteiger partial charge in [-0.3, -0.25) is 4.40 Å². The molecule has 4 heteroatoms. The predicted molar refractivity (Wildman–Crippen MR) is 94.0 cm³/mol. The van der Waals surface area contributed by atoms with Crippen molar-refractivity contribution in [3.8, 4) is 0 Å². The van der Waals surface area contributed by atoms with Gasteiger partial charge in [0.25, 0.3) is 0 Å². The number of imidazole rings is 1. The molecule has 0 amide bonds. The van der Waals surface area contributed by atoms with E-state index in [1.54, 1.807) is 0 Å². The van der Waals surface area contributed by atoms with Gasteiger partial charge in [0.15, 0.2) is 5.82 Å². The Hall–Kier alpha value is -2.49. The van der Waals surface area contributed by atoms with Crippen LogP contribution in [0.25, 0.3) is 5.65 Å². The summed E-state index contributed by atoms with van der Waals surface area (Å²) in [4.78, 5) is 4.78. The molecule has 0 spiro atoms. The number of rotatable bonds is 2. The molecule has 0 aliphatic rings. The van der Waals surface area contributed by atoms with Crippen LogP contribution < -0.4 is 0 Å². The number of hydrogen-bond donors (Lipinski definition) is 0. The van der Waals surface area contributed by atoms with E-state index in [0.29, 0.717) is 0 Å². The number of azo groups is 1. The molecule has 2 heterocycles. The summed E-state index contributed by atoms with van der Waals surface area (Å²) in [5.41, 5.74) is 5.01. The fraction of sp³-hybridized carbons (Fsp3) is 0.316. The Bertz CT molecular complexity index is 865. The summed E-state index contributed by atoms with van der Waals surface area (Å²) in [7, 11) is 0. The van der Waals surface area contributed by atoms with E-state index in [0.717, 1.165) is 22.8 Å². The number of pyridine rings is 1. The third kappa shape index (κ3) is 3.16. The standard InChI is InChI=1S/C19H22N4/c1-13-6-8-15(9-7-13)21-22-18-17(19(3,4)5)20-16-12-14(2)10-11-23(16)18/h6-12H,1-5H3. The summed E-state index contributed by atoms with van der Waals surface area (Å²) in [5, 5.41) is 8.92. The van der Waals surface area contributed by atoms with Crippen molar-refractivity contribution >= 4 is 17.2 Å². The van der Waals surface area contributed by atoms with E-state index in [1.165, 1.54) is 11.1 Å². The number of aromatic nitrogens is 2. The molecule has 4 nitrogen and oxygen atoms in total. The SMILES string of the molecule is Cc1ccc(N=Nc2c(C(C)(C)C)nc3cc(C)ccn23)cc1. The summed E-state index contributed by atoms with van der Waals surface area (Å²) in [6.07, 6.45) is 2.01. The second-order valence-electron chi connectivity index (χ2n) is 7.00. The van der Waals surface area contributed by atoms with Gasteiger partial charge in [0.1, 0.15) is 5.65 Å². The molecular weight excluding hydrogens is 284 g/mol. The van der Waals surface area contributed by atoms with E-state index in [4.69, 9.17) is 4.98 Å². The maximum Gasteiger partial charge on any atom is 0.183 e. The van der Waals surface area contributed by atoms with Gasteiger partial charge in [-0.15, -0.1) is 10.2 Å². The first-order chi connectivity index (χ1) is 10.8. The van der Waals surface area contributed by atoms with E-state index < -0.39 is 0 Å². The highest BCUT2D eigenvalue weighted by Gasteiger charge is 2.24. The molecule has 23 heavy (non-hydrogen) atoms. The van der Waals surface area contributed by atoms with Crippen LogP contribution in [0.15, 0.2) is 52.8 Å². The van der Waals surface area contributed by atoms with Gasteiger partial charge in [-0.25, -0.2) is 4.98 Å². The average Bonchev–Trinajstić information content (AvgIpc) is 2.84. The van der Waals surface area contributed by atoms with Crippen LogP contribution in [0.3, 0.4) is 0 Å². The van der Waals surface area contributed by atoms with E-state index in [2.05, 4.69) is 57.0 Å². The molecule has 0 saturated heterocycles. The van der Waals surface area contributed by atoms with Gasteiger partial charge in [0.2, 0.25) is 0 Å². The van der Waals surface area contributed by atoms with Crippen molar-refractivity contribution in [3.05, 3.63) is 59.4 Å². The maximum atomic E-state index is 4.78. The van der Waals surface area contributed by atoms with Crippen LogP contribution in [0.2, 0.25) is 0 Å². The van der Waals surface area contributed by atoms with Crippen LogP contribution in [0.5, 0.6) is 0 Å². The lowest BCUT2D eigenvalue weighted by Gasteiger charge is -2.15. The molecule has 3 rings (SSSR count). The van der Waals surface area contributed by atoms with Gasteiger partial charge >= 0.3 is 0 Å². The van der Waals surface area contributed by atoms with Crippen molar-refractivity contribution in [2.24, 2.45) is 10.2 Å². The molecular formula is C19H22N4. The van der Waals surface area contributed by atoms with Gasteiger partial charge < -0.3 is 0 Å². The fourth-order valence-corrected chi connectivity index (χ4v) is 2.45. The molecule has 0 unspecified atom stereocenters. The van der Waals surface area contributed by atoms with Crippen LogP contribution in [0.4, 0.5) is 11.5 Å². The molecule has 1 aromatic carbocycles. The number of fused-ring (bicyclic) bond motifs is 1. The first kappa shape index (κ1) is 15.4. The first-order valence-corrected chi connectivity index (χ1v) is 7.82. The van der Waals surface area contributed by atoms with E-state index in [1.807, 2.05) is 34.9 Å². The van der Waals surface area contributed by atoms with Crippen molar-refractivity contribution in [2.75, 3.05) is 0 Å². The Morgan fingerprint density at radius 1 is 0.913 bits per heavy atom. The zero-order valence-electron chi connectivity index (χ0n) is 14.3. The Balaban J connectivity index is 2.12. The fourth-order valence-electron chi connectivity index (χ4n) is 2.45. The van der Waals surface area contributed by atoms with Crippen LogP contribution >= 0.6 is 0 Å². The van der Waals surface area contributed by atoms with Crippen LogP contribution in [-0.2, 0) is 5.41 Å². The predicted octanol–water partition coefficient (Wildman–Crippen LogP) is 5.66. The number of aryl methyl sites for hydroxylation is 2. The van der Waals surface area contributed by atoms with Crippen molar-refractivity contribution in [3.63, 3.8) is 0 Å². The van der Waals surface area contributed by atoms with Gasteiger partial charge in [0, 0.05) is 11.6 Å². The minimum absolute atomic E-state index is 0.0957. The monoisotopic (exact) mass is 306 g/mol. The molecule has 0 bridgehead atoms. The Morgan fingerprint density at radius 3 is 2.26 bits per heavy atom. The highest BCUT2D eigenvalue weighted by Crippen LogP contribution is 2.33. The highest BCUT2D eigenvalue weighted by molar-refractivity contribution is 5.55. The third-order valence-electron chi connectivity index (χ3n) is 3.76. The molecule has 0 saturated carbocycles. The minimum atomic E-state index is -0.0957.